The Morgan fingerprint density at radius 3 is 0.938 bits per heavy atom. The predicted octanol–water partition coefficient (Wildman–Crippen LogP) is 7.46. The highest BCUT2D eigenvalue weighted by molar-refractivity contribution is 5.88. The molecule has 0 aromatic heterocycles. The van der Waals surface area contributed by atoms with Gasteiger partial charge in [-0.05, 0) is 55.6 Å². The van der Waals surface area contributed by atoms with Gasteiger partial charge in [0.05, 0.1) is 0 Å². The highest BCUT2D eigenvalue weighted by Gasteiger charge is 2.62. The van der Waals surface area contributed by atoms with E-state index in [2.05, 4.69) is 20.1 Å². The van der Waals surface area contributed by atoms with Crippen LogP contribution in [0.5, 0.6) is 0 Å². The average Bonchev–Trinajstić information content (AvgIpc) is 3.30. The number of fused-ring (bicyclic) bond motifs is 6. The molecule has 0 atom stereocenters. The third-order valence-electron chi connectivity index (χ3n) is 6.76. The Bertz CT molecular complexity index is 1300. The van der Waals surface area contributed by atoms with E-state index >= 15 is 0 Å². The molecule has 4 aromatic carbocycles. The molecule has 0 bridgehead atoms. The SMILES string of the molecule is [N-]=[N+]=NC1(C2(N=[N+]=[N-])c3ccccc3-c3ccccc32)c2ccccc2-c2ccccc21. The maximum atomic E-state index is 9.91. The van der Waals surface area contributed by atoms with Crippen molar-refractivity contribution in [2.75, 3.05) is 0 Å². The topological polar surface area (TPSA) is 97.5 Å². The molecule has 2 aliphatic rings. The third-order valence-corrected chi connectivity index (χ3v) is 6.76. The molecule has 0 fully saturated rings. The van der Waals surface area contributed by atoms with Crippen LogP contribution in [0.1, 0.15) is 22.3 Å². The van der Waals surface area contributed by atoms with Crippen molar-refractivity contribution in [2.45, 2.75) is 11.1 Å². The van der Waals surface area contributed by atoms with Crippen molar-refractivity contribution in [3.63, 3.8) is 0 Å². The molecule has 0 saturated heterocycles. The summed E-state index contributed by atoms with van der Waals surface area (Å²) in [6, 6.07) is 31.6. The van der Waals surface area contributed by atoms with Crippen LogP contribution in [-0.2, 0) is 11.1 Å². The summed E-state index contributed by atoms with van der Waals surface area (Å²) in [5.41, 5.74) is 24.5. The summed E-state index contributed by atoms with van der Waals surface area (Å²) >= 11 is 0. The first kappa shape index (κ1) is 18.3. The zero-order chi connectivity index (χ0) is 21.8. The quantitative estimate of drug-likeness (QED) is 0.190. The molecule has 0 heterocycles. The van der Waals surface area contributed by atoms with Gasteiger partial charge in [-0.15, -0.1) is 0 Å². The lowest BCUT2D eigenvalue weighted by molar-refractivity contribution is 0.336. The zero-order valence-corrected chi connectivity index (χ0v) is 16.9. The molecule has 0 unspecified atom stereocenters. The number of azide groups is 2. The van der Waals surface area contributed by atoms with Gasteiger partial charge in [-0.1, -0.05) is 107 Å². The molecule has 4 aromatic rings. The van der Waals surface area contributed by atoms with E-state index in [4.69, 9.17) is 0 Å². The molecular weight excluding hydrogens is 396 g/mol. The minimum atomic E-state index is -1.29. The number of nitrogens with zero attached hydrogens (tertiary/aromatic N) is 6. The van der Waals surface area contributed by atoms with E-state index in [0.29, 0.717) is 0 Å². The smallest absolute Gasteiger partial charge is 0.0763 e. The Hall–Kier alpha value is -4.50. The minimum absolute atomic E-state index is 0.831. The Balaban J connectivity index is 1.90. The van der Waals surface area contributed by atoms with E-state index in [1.54, 1.807) is 0 Å². The first-order chi connectivity index (χ1) is 15.8. The van der Waals surface area contributed by atoms with Crippen molar-refractivity contribution in [3.05, 3.63) is 140 Å². The van der Waals surface area contributed by atoms with Crippen LogP contribution in [0.2, 0.25) is 0 Å². The van der Waals surface area contributed by atoms with Crippen LogP contribution in [0.4, 0.5) is 0 Å². The second-order valence-corrected chi connectivity index (χ2v) is 7.98. The van der Waals surface area contributed by atoms with Crippen LogP contribution in [0.15, 0.2) is 107 Å². The fourth-order valence-corrected chi connectivity index (χ4v) is 5.70. The largest absolute Gasteiger partial charge is 0.119 e. The van der Waals surface area contributed by atoms with Crippen molar-refractivity contribution in [1.82, 2.24) is 0 Å². The second kappa shape index (κ2) is 6.50. The van der Waals surface area contributed by atoms with Crippen LogP contribution < -0.4 is 0 Å². The summed E-state index contributed by atoms with van der Waals surface area (Å²) in [5, 5.41) is 9.05. The van der Waals surface area contributed by atoms with Crippen LogP contribution >= 0.6 is 0 Å². The van der Waals surface area contributed by atoms with Gasteiger partial charge in [0.1, 0.15) is 11.1 Å². The summed E-state index contributed by atoms with van der Waals surface area (Å²) in [7, 11) is 0. The monoisotopic (exact) mass is 412 g/mol. The zero-order valence-electron chi connectivity index (χ0n) is 16.9. The summed E-state index contributed by atoms with van der Waals surface area (Å²) in [6.07, 6.45) is 0. The molecule has 150 valence electrons. The predicted molar refractivity (Wildman–Crippen MR) is 124 cm³/mol. The molecule has 0 radical (unpaired) electrons. The normalized spacial score (nSPS) is 15.4. The van der Waals surface area contributed by atoms with Crippen LogP contribution in [0.25, 0.3) is 43.1 Å². The van der Waals surface area contributed by atoms with Gasteiger partial charge in [0.2, 0.25) is 0 Å². The van der Waals surface area contributed by atoms with Gasteiger partial charge >= 0.3 is 0 Å². The molecule has 6 heteroatoms. The van der Waals surface area contributed by atoms with Gasteiger partial charge in [0.25, 0.3) is 0 Å². The lowest BCUT2D eigenvalue weighted by Crippen LogP contribution is -2.45. The second-order valence-electron chi connectivity index (χ2n) is 7.98. The van der Waals surface area contributed by atoms with Gasteiger partial charge in [-0.3, -0.25) is 0 Å². The van der Waals surface area contributed by atoms with Gasteiger partial charge in [0, 0.05) is 9.82 Å². The van der Waals surface area contributed by atoms with E-state index in [0.717, 1.165) is 44.5 Å². The first-order valence-electron chi connectivity index (χ1n) is 10.3. The first-order valence-corrected chi connectivity index (χ1v) is 10.3. The molecule has 2 aliphatic carbocycles. The van der Waals surface area contributed by atoms with Gasteiger partial charge in [-0.25, -0.2) is 0 Å². The van der Waals surface area contributed by atoms with E-state index in [1.165, 1.54) is 0 Å². The average molecular weight is 412 g/mol. The van der Waals surface area contributed by atoms with E-state index in [1.807, 2.05) is 97.1 Å². The van der Waals surface area contributed by atoms with Gasteiger partial charge in [0.15, 0.2) is 0 Å². The van der Waals surface area contributed by atoms with Gasteiger partial charge in [-0.2, -0.15) is 0 Å². The maximum absolute atomic E-state index is 9.91. The molecule has 0 amide bonds. The molecule has 0 spiro atoms. The lowest BCUT2D eigenvalue weighted by atomic mass is 9.66. The fourth-order valence-electron chi connectivity index (χ4n) is 5.70. The highest BCUT2D eigenvalue weighted by Crippen LogP contribution is 2.66. The van der Waals surface area contributed by atoms with Crippen molar-refractivity contribution in [3.8, 4) is 22.3 Å². The number of rotatable bonds is 3. The molecule has 0 saturated carbocycles. The van der Waals surface area contributed by atoms with Crippen molar-refractivity contribution >= 4 is 0 Å². The van der Waals surface area contributed by atoms with Crippen LogP contribution in [0.3, 0.4) is 0 Å². The lowest BCUT2D eigenvalue weighted by Gasteiger charge is -2.43. The van der Waals surface area contributed by atoms with Crippen molar-refractivity contribution < 1.29 is 0 Å². The van der Waals surface area contributed by atoms with E-state index in [-0.39, 0.29) is 0 Å². The fraction of sp³-hybridized carbons (Fsp3) is 0.0769. The molecule has 6 rings (SSSR count). The maximum Gasteiger partial charge on any atom is 0.119 e. The van der Waals surface area contributed by atoms with Gasteiger partial charge < -0.3 is 0 Å². The van der Waals surface area contributed by atoms with Crippen molar-refractivity contribution in [2.24, 2.45) is 10.2 Å². The molecule has 0 N–H and O–H groups in total. The number of hydrogen-bond donors (Lipinski definition) is 0. The Morgan fingerprint density at radius 2 is 0.688 bits per heavy atom. The summed E-state index contributed by atoms with van der Waals surface area (Å²) in [5.74, 6) is 0. The highest BCUT2D eigenvalue weighted by atomic mass is 15.3. The number of hydrogen-bond acceptors (Lipinski definition) is 2. The van der Waals surface area contributed by atoms with E-state index in [9.17, 15) is 11.1 Å². The summed E-state index contributed by atoms with van der Waals surface area (Å²) in [4.78, 5) is 6.69. The Labute approximate surface area is 184 Å². The summed E-state index contributed by atoms with van der Waals surface area (Å²) < 4.78 is 0. The van der Waals surface area contributed by atoms with E-state index < -0.39 is 11.1 Å². The Kier molecular flexibility index (Phi) is 3.71. The Morgan fingerprint density at radius 1 is 0.438 bits per heavy atom. The molecular formula is C26H16N6. The molecule has 0 aliphatic heterocycles. The summed E-state index contributed by atoms with van der Waals surface area (Å²) in [6.45, 7) is 0. The van der Waals surface area contributed by atoms with Crippen LogP contribution in [0, 0.1) is 0 Å². The van der Waals surface area contributed by atoms with Crippen LogP contribution in [-0.4, -0.2) is 0 Å². The molecule has 6 nitrogen and oxygen atoms in total. The molecule has 32 heavy (non-hydrogen) atoms. The number of benzene rings is 4. The third kappa shape index (κ3) is 1.95. The standard InChI is InChI=1S/C26H16N6/c27-31-29-25(21-13-5-1-9-17(21)18-10-2-6-14-22(18)25)26(30-32-28)23-15-7-3-11-19(23)20-12-4-8-16-24(20)26/h1-16H. The van der Waals surface area contributed by atoms with Crippen molar-refractivity contribution in [1.29, 1.82) is 0 Å². The minimum Gasteiger partial charge on any atom is -0.0763 e.